The van der Waals surface area contributed by atoms with Crippen molar-refractivity contribution in [3.8, 4) is 0 Å². The molecular weight excluding hydrogens is 586 g/mol. The number of hydroxylamine groups is 2. The van der Waals surface area contributed by atoms with Crippen LogP contribution >= 0.6 is 11.6 Å². The van der Waals surface area contributed by atoms with E-state index in [1.54, 1.807) is 24.1 Å². The van der Waals surface area contributed by atoms with Crippen molar-refractivity contribution in [3.63, 3.8) is 0 Å². The summed E-state index contributed by atoms with van der Waals surface area (Å²) in [5.74, 6) is -2.33. The molecule has 9 atom stereocenters. The van der Waals surface area contributed by atoms with Crippen LogP contribution in [0.1, 0.15) is 44.2 Å². The van der Waals surface area contributed by atoms with Crippen molar-refractivity contribution in [2.24, 2.45) is 28.6 Å². The molecule has 0 aromatic heterocycles. The van der Waals surface area contributed by atoms with E-state index >= 15 is 8.78 Å². The molecule has 2 aromatic carbocycles. The van der Waals surface area contributed by atoms with Crippen LogP contribution in [0.15, 0.2) is 78.4 Å². The zero-order chi connectivity index (χ0) is 31.1. The van der Waals surface area contributed by atoms with Crippen molar-refractivity contribution < 1.29 is 28.3 Å². The molecule has 4 aliphatic carbocycles. The van der Waals surface area contributed by atoms with Crippen LogP contribution in [0.25, 0.3) is 0 Å². The van der Waals surface area contributed by atoms with E-state index < -0.39 is 46.2 Å². The van der Waals surface area contributed by atoms with Gasteiger partial charge in [0.05, 0.1) is 6.10 Å². The Morgan fingerprint density at radius 3 is 2.55 bits per heavy atom. The summed E-state index contributed by atoms with van der Waals surface area (Å²) in [6, 6.07) is 17.0. The van der Waals surface area contributed by atoms with Crippen molar-refractivity contribution in [3.05, 3.63) is 94.5 Å². The zero-order valence-electron chi connectivity index (χ0n) is 24.8. The maximum atomic E-state index is 17.7. The van der Waals surface area contributed by atoms with Crippen LogP contribution in [0.2, 0.25) is 5.02 Å². The van der Waals surface area contributed by atoms with E-state index in [9.17, 15) is 14.7 Å². The fourth-order valence-corrected chi connectivity index (χ4v) is 9.63. The van der Waals surface area contributed by atoms with Gasteiger partial charge in [-0.1, -0.05) is 67.1 Å². The van der Waals surface area contributed by atoms with E-state index in [0.717, 1.165) is 11.1 Å². The molecule has 1 aliphatic heterocycles. The molecule has 0 spiro atoms. The van der Waals surface area contributed by atoms with Crippen LogP contribution in [0.4, 0.5) is 8.78 Å². The highest BCUT2D eigenvalue weighted by Crippen LogP contribution is 2.72. The number of fused-ring (bicyclic) bond motifs is 7. The van der Waals surface area contributed by atoms with Gasteiger partial charge in [0.15, 0.2) is 17.1 Å². The summed E-state index contributed by atoms with van der Waals surface area (Å²) in [7, 11) is 0. The number of ketones is 1. The molecular formula is C35H37ClF2N2O4. The quantitative estimate of drug-likeness (QED) is 0.448. The van der Waals surface area contributed by atoms with Gasteiger partial charge in [-0.15, -0.1) is 0 Å². The van der Waals surface area contributed by atoms with Crippen LogP contribution < -0.4 is 5.32 Å². The number of amides is 1. The molecule has 1 heterocycles. The summed E-state index contributed by atoms with van der Waals surface area (Å²) >= 11 is 6.10. The lowest BCUT2D eigenvalue weighted by molar-refractivity contribution is -0.269. The smallest absolute Gasteiger partial charge is 0.255 e. The molecule has 1 saturated heterocycles. The molecule has 9 heteroatoms. The number of alkyl halides is 2. The van der Waals surface area contributed by atoms with Crippen molar-refractivity contribution in [2.45, 2.75) is 69.7 Å². The summed E-state index contributed by atoms with van der Waals surface area (Å²) in [5.41, 5.74) is -4.13. The highest BCUT2D eigenvalue weighted by atomic mass is 35.5. The third-order valence-electron chi connectivity index (χ3n) is 11.6. The maximum absolute atomic E-state index is 17.7. The number of aliphatic hydroxyl groups is 1. The standard InChI is InChI=1S/C35H37ClF2N2O4/c1-32-13-12-25(41)15-28(32)29(37)16-27-26-14-23-20-40(19-22-8-10-24(36)11-9-22)44-35(23,33(26,2)17-30(42)34(27,32)38)31(43)39-18-21-6-4-3-5-7-21/h3-13,15,23,26-27,29-30,42H,14,16-20H2,1-2H3,(H,39,43)/t23-,26?,27-,29-,30-,32-,33-,34-,35-/m0/s1. The van der Waals surface area contributed by atoms with E-state index in [0.29, 0.717) is 24.5 Å². The Morgan fingerprint density at radius 2 is 1.82 bits per heavy atom. The monoisotopic (exact) mass is 622 g/mol. The minimum Gasteiger partial charge on any atom is -0.390 e. The Balaban J connectivity index is 1.27. The lowest BCUT2D eigenvalue weighted by atomic mass is 9.44. The minimum atomic E-state index is -2.22. The summed E-state index contributed by atoms with van der Waals surface area (Å²) in [6.07, 6.45) is 1.09. The number of aliphatic hydroxyl groups excluding tert-OH is 1. The van der Waals surface area contributed by atoms with Gasteiger partial charge in [-0.25, -0.2) is 8.78 Å². The Kier molecular flexibility index (Phi) is 6.98. The number of carbonyl (C=O) groups excluding carboxylic acids is 2. The van der Waals surface area contributed by atoms with E-state index in [1.165, 1.54) is 18.2 Å². The second-order valence-corrected chi connectivity index (χ2v) is 14.2. The number of carbonyl (C=O) groups is 2. The summed E-state index contributed by atoms with van der Waals surface area (Å²) < 4.78 is 33.7. The molecule has 1 amide bonds. The summed E-state index contributed by atoms with van der Waals surface area (Å²) in [5, 5.41) is 17.3. The van der Waals surface area contributed by atoms with Gasteiger partial charge >= 0.3 is 0 Å². The minimum absolute atomic E-state index is 0.0453. The molecule has 0 bridgehead atoms. The van der Waals surface area contributed by atoms with Crippen molar-refractivity contribution >= 4 is 23.3 Å². The molecule has 2 N–H and O–H groups in total. The molecule has 3 saturated carbocycles. The molecule has 6 nitrogen and oxygen atoms in total. The average Bonchev–Trinajstić information content (AvgIpc) is 3.48. The van der Waals surface area contributed by atoms with Gasteiger partial charge in [0.25, 0.3) is 5.91 Å². The Labute approximate surface area is 261 Å². The summed E-state index contributed by atoms with van der Waals surface area (Å²) in [6.45, 7) is 4.63. The molecule has 2 aromatic rings. The first kappa shape index (κ1) is 29.8. The van der Waals surface area contributed by atoms with E-state index in [-0.39, 0.29) is 42.6 Å². The van der Waals surface area contributed by atoms with Gasteiger partial charge in [-0.3, -0.25) is 14.4 Å². The second-order valence-electron chi connectivity index (χ2n) is 13.7. The SMILES string of the molecule is C[C@]12C=CC(=O)C=C1[C@@H](F)C[C@H]1C3C[C@H]4CN(Cc5ccc(Cl)cc5)O[C@@]4(C(=O)NCc4ccccc4)[C@@]3(C)C[C@H](O)[C@@]12F. The van der Waals surface area contributed by atoms with E-state index in [1.807, 2.05) is 49.4 Å². The maximum Gasteiger partial charge on any atom is 0.255 e. The first-order valence-electron chi connectivity index (χ1n) is 15.4. The van der Waals surface area contributed by atoms with Crippen LogP contribution in [0.5, 0.6) is 0 Å². The number of rotatable bonds is 5. The highest BCUT2D eigenvalue weighted by Gasteiger charge is 2.79. The average molecular weight is 623 g/mol. The molecule has 1 unspecified atom stereocenters. The van der Waals surface area contributed by atoms with E-state index in [4.69, 9.17) is 16.4 Å². The molecule has 232 valence electrons. The fraction of sp³-hybridized carbons (Fsp3) is 0.486. The second kappa shape index (κ2) is 10.3. The van der Waals surface area contributed by atoms with Gasteiger partial charge in [-0.2, -0.15) is 5.06 Å². The first-order chi connectivity index (χ1) is 20.9. The topological polar surface area (TPSA) is 78.9 Å². The lowest BCUT2D eigenvalue weighted by Crippen LogP contribution is -2.71. The largest absolute Gasteiger partial charge is 0.390 e. The summed E-state index contributed by atoms with van der Waals surface area (Å²) in [4.78, 5) is 33.4. The predicted octanol–water partition coefficient (Wildman–Crippen LogP) is 5.69. The van der Waals surface area contributed by atoms with Gasteiger partial charge in [0, 0.05) is 47.3 Å². The number of hydrogen-bond donors (Lipinski definition) is 2. The number of allylic oxidation sites excluding steroid dienone is 4. The molecule has 0 radical (unpaired) electrons. The van der Waals surface area contributed by atoms with Crippen LogP contribution in [0.3, 0.4) is 0 Å². The molecule has 44 heavy (non-hydrogen) atoms. The van der Waals surface area contributed by atoms with Crippen molar-refractivity contribution in [2.75, 3.05) is 6.54 Å². The van der Waals surface area contributed by atoms with Crippen LogP contribution in [-0.2, 0) is 27.5 Å². The lowest BCUT2D eigenvalue weighted by Gasteiger charge is -2.63. The van der Waals surface area contributed by atoms with Crippen molar-refractivity contribution in [1.29, 1.82) is 0 Å². The van der Waals surface area contributed by atoms with Gasteiger partial charge in [-0.05, 0) is 73.1 Å². The van der Waals surface area contributed by atoms with Crippen LogP contribution in [-0.4, -0.2) is 52.0 Å². The number of nitrogens with zero attached hydrogens (tertiary/aromatic N) is 1. The Bertz CT molecular complexity index is 1550. The van der Waals surface area contributed by atoms with E-state index in [2.05, 4.69) is 5.32 Å². The molecule has 4 fully saturated rings. The zero-order valence-corrected chi connectivity index (χ0v) is 25.6. The third-order valence-corrected chi connectivity index (χ3v) is 11.8. The Hall–Kier alpha value is -2.91. The molecule has 7 rings (SSSR count). The van der Waals surface area contributed by atoms with Gasteiger partial charge in [0.1, 0.15) is 6.17 Å². The number of halogens is 3. The van der Waals surface area contributed by atoms with Crippen LogP contribution in [0, 0.1) is 28.6 Å². The van der Waals surface area contributed by atoms with Gasteiger partial charge < -0.3 is 10.4 Å². The first-order valence-corrected chi connectivity index (χ1v) is 15.8. The number of benzene rings is 2. The normalized spacial score (nSPS) is 40.9. The van der Waals surface area contributed by atoms with Crippen molar-refractivity contribution in [1.82, 2.24) is 10.4 Å². The fourth-order valence-electron chi connectivity index (χ4n) is 9.51. The predicted molar refractivity (Wildman–Crippen MR) is 161 cm³/mol. The highest BCUT2D eigenvalue weighted by molar-refractivity contribution is 6.30. The third kappa shape index (κ3) is 4.07. The number of hydrogen-bond acceptors (Lipinski definition) is 5. The van der Waals surface area contributed by atoms with Gasteiger partial charge in [0.2, 0.25) is 0 Å². The molecule has 5 aliphatic rings. The Morgan fingerprint density at radius 1 is 1.09 bits per heavy atom. The number of nitrogens with one attached hydrogen (secondary N) is 1.